The SMILES string of the molecule is COc1cccc(C(C)(O)c2ccccc2Br)c1F. The van der Waals surface area contributed by atoms with Crippen molar-refractivity contribution in [3.63, 3.8) is 0 Å². The molecule has 0 bridgehead atoms. The molecule has 0 aromatic heterocycles. The zero-order valence-corrected chi connectivity index (χ0v) is 12.2. The first-order chi connectivity index (χ1) is 8.98. The van der Waals surface area contributed by atoms with E-state index in [1.165, 1.54) is 13.2 Å². The van der Waals surface area contributed by atoms with E-state index < -0.39 is 11.4 Å². The second kappa shape index (κ2) is 5.31. The van der Waals surface area contributed by atoms with Gasteiger partial charge in [0.2, 0.25) is 0 Å². The van der Waals surface area contributed by atoms with Crippen molar-refractivity contribution in [3.05, 3.63) is 63.9 Å². The number of rotatable bonds is 3. The van der Waals surface area contributed by atoms with Crippen LogP contribution < -0.4 is 4.74 Å². The number of ether oxygens (including phenoxy) is 1. The van der Waals surface area contributed by atoms with Gasteiger partial charge in [0.05, 0.1) is 7.11 Å². The van der Waals surface area contributed by atoms with Gasteiger partial charge in [-0.25, -0.2) is 4.39 Å². The second-order valence-corrected chi connectivity index (χ2v) is 5.23. The highest BCUT2D eigenvalue weighted by atomic mass is 79.9. The van der Waals surface area contributed by atoms with E-state index in [4.69, 9.17) is 4.74 Å². The van der Waals surface area contributed by atoms with Crippen LogP contribution in [-0.4, -0.2) is 12.2 Å². The van der Waals surface area contributed by atoms with Crippen LogP contribution in [0.15, 0.2) is 46.9 Å². The molecule has 100 valence electrons. The third-order valence-electron chi connectivity index (χ3n) is 3.11. The highest BCUT2D eigenvalue weighted by Crippen LogP contribution is 2.37. The maximum absolute atomic E-state index is 14.3. The van der Waals surface area contributed by atoms with Crippen molar-refractivity contribution in [3.8, 4) is 5.75 Å². The zero-order valence-electron chi connectivity index (χ0n) is 10.7. The lowest BCUT2D eigenvalue weighted by molar-refractivity contribution is 0.0965. The molecule has 0 amide bonds. The Bertz CT molecular complexity index is 596. The van der Waals surface area contributed by atoms with Gasteiger partial charge in [0.1, 0.15) is 5.60 Å². The Kier molecular flexibility index (Phi) is 3.92. The summed E-state index contributed by atoms with van der Waals surface area (Å²) in [6.07, 6.45) is 0. The Hall–Kier alpha value is -1.39. The molecule has 0 aliphatic rings. The summed E-state index contributed by atoms with van der Waals surface area (Å²) < 4.78 is 20.0. The van der Waals surface area contributed by atoms with Crippen LogP contribution in [0.1, 0.15) is 18.1 Å². The molecule has 0 radical (unpaired) electrons. The molecular formula is C15H14BrFO2. The lowest BCUT2D eigenvalue weighted by Crippen LogP contribution is -2.25. The molecule has 2 rings (SSSR count). The van der Waals surface area contributed by atoms with Crippen molar-refractivity contribution in [2.45, 2.75) is 12.5 Å². The van der Waals surface area contributed by atoms with Crippen LogP contribution in [-0.2, 0) is 5.60 Å². The summed E-state index contributed by atoms with van der Waals surface area (Å²) in [5, 5.41) is 10.7. The zero-order chi connectivity index (χ0) is 14.0. The first-order valence-electron chi connectivity index (χ1n) is 5.79. The van der Waals surface area contributed by atoms with Crippen LogP contribution >= 0.6 is 15.9 Å². The summed E-state index contributed by atoms with van der Waals surface area (Å²) in [6.45, 7) is 1.56. The van der Waals surface area contributed by atoms with Gasteiger partial charge in [0, 0.05) is 15.6 Å². The van der Waals surface area contributed by atoms with E-state index in [-0.39, 0.29) is 11.3 Å². The standard InChI is InChI=1S/C15H14BrFO2/c1-15(18,10-6-3-4-8-12(10)16)11-7-5-9-13(19-2)14(11)17/h3-9,18H,1-2H3. The van der Waals surface area contributed by atoms with Crippen LogP contribution in [0.4, 0.5) is 4.39 Å². The molecule has 0 aliphatic carbocycles. The van der Waals surface area contributed by atoms with Gasteiger partial charge < -0.3 is 9.84 Å². The second-order valence-electron chi connectivity index (χ2n) is 4.37. The number of hydrogen-bond acceptors (Lipinski definition) is 2. The van der Waals surface area contributed by atoms with Crippen LogP contribution in [0.25, 0.3) is 0 Å². The van der Waals surface area contributed by atoms with Gasteiger partial charge in [-0.2, -0.15) is 0 Å². The number of benzene rings is 2. The topological polar surface area (TPSA) is 29.5 Å². The summed E-state index contributed by atoms with van der Waals surface area (Å²) in [5.41, 5.74) is -0.667. The fourth-order valence-electron chi connectivity index (χ4n) is 2.05. The van der Waals surface area contributed by atoms with Crippen molar-refractivity contribution in [1.29, 1.82) is 0 Å². The third kappa shape index (κ3) is 2.51. The average Bonchev–Trinajstić information content (AvgIpc) is 2.39. The van der Waals surface area contributed by atoms with E-state index in [0.29, 0.717) is 5.56 Å². The Balaban J connectivity index is 2.60. The van der Waals surface area contributed by atoms with Gasteiger partial charge in [0.15, 0.2) is 11.6 Å². The van der Waals surface area contributed by atoms with Crippen molar-refractivity contribution in [1.82, 2.24) is 0 Å². The molecular weight excluding hydrogens is 311 g/mol. The van der Waals surface area contributed by atoms with Crippen LogP contribution in [0.3, 0.4) is 0 Å². The lowest BCUT2D eigenvalue weighted by Gasteiger charge is -2.26. The minimum atomic E-state index is -1.45. The molecule has 2 aromatic rings. The molecule has 0 fully saturated rings. The summed E-state index contributed by atoms with van der Waals surface area (Å²) in [4.78, 5) is 0. The highest BCUT2D eigenvalue weighted by Gasteiger charge is 2.31. The van der Waals surface area contributed by atoms with Crippen LogP contribution in [0.5, 0.6) is 5.75 Å². The number of halogens is 2. The minimum Gasteiger partial charge on any atom is -0.494 e. The molecule has 1 atom stereocenters. The quantitative estimate of drug-likeness (QED) is 0.929. The van der Waals surface area contributed by atoms with E-state index >= 15 is 0 Å². The molecule has 2 aromatic carbocycles. The lowest BCUT2D eigenvalue weighted by atomic mass is 9.88. The third-order valence-corrected chi connectivity index (χ3v) is 3.80. The van der Waals surface area contributed by atoms with E-state index in [1.54, 1.807) is 31.2 Å². The fraction of sp³-hybridized carbons (Fsp3) is 0.200. The monoisotopic (exact) mass is 324 g/mol. The minimum absolute atomic E-state index is 0.116. The molecule has 0 heterocycles. The van der Waals surface area contributed by atoms with E-state index in [1.807, 2.05) is 12.1 Å². The molecule has 0 aliphatic heterocycles. The van der Waals surface area contributed by atoms with Gasteiger partial charge in [-0.3, -0.25) is 0 Å². The van der Waals surface area contributed by atoms with Gasteiger partial charge in [-0.15, -0.1) is 0 Å². The van der Waals surface area contributed by atoms with Gasteiger partial charge in [-0.1, -0.05) is 46.3 Å². The number of hydrogen-bond donors (Lipinski definition) is 1. The Morgan fingerprint density at radius 3 is 2.37 bits per heavy atom. The molecule has 1 unspecified atom stereocenters. The first-order valence-corrected chi connectivity index (χ1v) is 6.58. The Morgan fingerprint density at radius 1 is 1.11 bits per heavy atom. The first kappa shape index (κ1) is 14.0. The summed E-state index contributed by atoms with van der Waals surface area (Å²) in [5.74, 6) is -0.435. The normalized spacial score (nSPS) is 13.9. The predicted octanol–water partition coefficient (Wildman–Crippen LogP) is 3.85. The van der Waals surface area contributed by atoms with E-state index in [0.717, 1.165) is 4.47 Å². The van der Waals surface area contributed by atoms with Crippen LogP contribution in [0.2, 0.25) is 0 Å². The van der Waals surface area contributed by atoms with Crippen LogP contribution in [0, 0.1) is 5.82 Å². The molecule has 0 saturated heterocycles. The molecule has 0 spiro atoms. The summed E-state index contributed by atoms with van der Waals surface area (Å²) in [7, 11) is 1.40. The molecule has 0 saturated carbocycles. The summed E-state index contributed by atoms with van der Waals surface area (Å²) >= 11 is 3.38. The van der Waals surface area contributed by atoms with E-state index in [9.17, 15) is 9.50 Å². The van der Waals surface area contributed by atoms with Crippen molar-refractivity contribution in [2.75, 3.05) is 7.11 Å². The van der Waals surface area contributed by atoms with E-state index in [2.05, 4.69) is 15.9 Å². The maximum atomic E-state index is 14.3. The molecule has 1 N–H and O–H groups in total. The molecule has 4 heteroatoms. The van der Waals surface area contributed by atoms with Crippen molar-refractivity contribution >= 4 is 15.9 Å². The predicted molar refractivity (Wildman–Crippen MR) is 75.8 cm³/mol. The maximum Gasteiger partial charge on any atom is 0.171 e. The van der Waals surface area contributed by atoms with Gasteiger partial charge in [0.25, 0.3) is 0 Å². The smallest absolute Gasteiger partial charge is 0.171 e. The molecule has 2 nitrogen and oxygen atoms in total. The number of methoxy groups -OCH3 is 1. The average molecular weight is 325 g/mol. The largest absolute Gasteiger partial charge is 0.494 e. The van der Waals surface area contributed by atoms with Gasteiger partial charge >= 0.3 is 0 Å². The summed E-state index contributed by atoms with van der Waals surface area (Å²) in [6, 6.07) is 11.9. The highest BCUT2D eigenvalue weighted by molar-refractivity contribution is 9.10. The van der Waals surface area contributed by atoms with Crippen molar-refractivity contribution in [2.24, 2.45) is 0 Å². The van der Waals surface area contributed by atoms with Gasteiger partial charge in [-0.05, 0) is 19.1 Å². The Morgan fingerprint density at radius 2 is 1.74 bits per heavy atom. The Labute approximate surface area is 120 Å². The molecule has 19 heavy (non-hydrogen) atoms. The number of aliphatic hydroxyl groups is 1. The fourth-order valence-corrected chi connectivity index (χ4v) is 2.72. The van der Waals surface area contributed by atoms with Crippen molar-refractivity contribution < 1.29 is 14.2 Å².